The van der Waals surface area contributed by atoms with Gasteiger partial charge in [0, 0.05) is 12.1 Å². The molecule has 1 aromatic heterocycles. The van der Waals surface area contributed by atoms with Crippen LogP contribution in [-0.2, 0) is 9.59 Å². The van der Waals surface area contributed by atoms with Crippen LogP contribution in [-0.4, -0.2) is 46.8 Å². The molecule has 3 rings (SSSR count). The minimum Gasteiger partial charge on any atom is -0.480 e. The Morgan fingerprint density at radius 2 is 1.93 bits per heavy atom. The van der Waals surface area contributed by atoms with Gasteiger partial charge >= 0.3 is 11.8 Å². The van der Waals surface area contributed by atoms with E-state index in [1.54, 1.807) is 4.90 Å². The maximum absolute atomic E-state index is 13.2. The molecule has 2 aliphatic rings. The highest BCUT2D eigenvalue weighted by Crippen LogP contribution is 2.43. The average Bonchev–Trinajstić information content (AvgIpc) is 2.75. The van der Waals surface area contributed by atoms with Crippen molar-refractivity contribution in [3.05, 3.63) is 17.8 Å². The van der Waals surface area contributed by atoms with Gasteiger partial charge in [-0.3, -0.25) is 14.4 Å². The molecule has 0 aromatic carbocycles. The van der Waals surface area contributed by atoms with Gasteiger partial charge in [-0.25, -0.2) is 4.98 Å². The number of nitrogens with one attached hydrogen (secondary N) is 1. The van der Waals surface area contributed by atoms with Gasteiger partial charge in [0.1, 0.15) is 5.56 Å². The predicted molar refractivity (Wildman–Crippen MR) is 113 cm³/mol. The molecule has 2 fully saturated rings. The van der Waals surface area contributed by atoms with Crippen LogP contribution in [0.1, 0.15) is 69.2 Å². The fourth-order valence-corrected chi connectivity index (χ4v) is 4.92. The number of hydrogen-bond acceptors (Lipinski definition) is 5. The van der Waals surface area contributed by atoms with Crippen molar-refractivity contribution in [1.29, 1.82) is 0 Å². The quantitative estimate of drug-likeness (QED) is 0.733. The molecule has 1 aliphatic heterocycles. The Labute approximate surface area is 177 Å². The van der Waals surface area contributed by atoms with Crippen molar-refractivity contribution in [2.75, 3.05) is 19.0 Å². The molecule has 3 amide bonds. The van der Waals surface area contributed by atoms with Crippen LogP contribution in [0.3, 0.4) is 0 Å². The van der Waals surface area contributed by atoms with Crippen LogP contribution in [0.25, 0.3) is 0 Å². The van der Waals surface area contributed by atoms with Crippen LogP contribution in [0.5, 0.6) is 5.88 Å². The molecular formula is C22H32N4O4. The van der Waals surface area contributed by atoms with Gasteiger partial charge in [-0.1, -0.05) is 26.2 Å². The molecule has 0 radical (unpaired) electrons. The van der Waals surface area contributed by atoms with Crippen LogP contribution in [0.2, 0.25) is 0 Å². The molecule has 1 saturated carbocycles. The number of nitrogens with two attached hydrogens (primary N) is 1. The Kier molecular flexibility index (Phi) is 6.63. The lowest BCUT2D eigenvalue weighted by atomic mass is 9.69. The monoisotopic (exact) mass is 416 g/mol. The standard InChI is InChI=1S/C22H32N4O4/c1-14-9-10-22(2,15-7-5-4-6-8-15)26(13-14)21(29)19(28)25-16-11-17(18(23)27)20(30-3)24-12-16/h11-12,14-15H,4-10,13H2,1-3H3,(H2,23,27)(H,25,28)/t14-,22-/m0/s1. The second kappa shape index (κ2) is 9.02. The number of hydrogen-bond donors (Lipinski definition) is 2. The molecule has 8 heteroatoms. The summed E-state index contributed by atoms with van der Waals surface area (Å²) in [5.41, 5.74) is 5.32. The normalized spacial score (nSPS) is 24.9. The first-order chi connectivity index (χ1) is 14.3. The first-order valence-electron chi connectivity index (χ1n) is 10.7. The number of ether oxygens (including phenoxy) is 1. The second-order valence-corrected chi connectivity index (χ2v) is 8.85. The van der Waals surface area contributed by atoms with E-state index in [1.807, 2.05) is 0 Å². The number of aromatic nitrogens is 1. The van der Waals surface area contributed by atoms with E-state index < -0.39 is 17.7 Å². The molecule has 2 atom stereocenters. The highest BCUT2D eigenvalue weighted by Gasteiger charge is 2.46. The molecule has 1 aromatic rings. The van der Waals surface area contributed by atoms with E-state index >= 15 is 0 Å². The zero-order chi connectivity index (χ0) is 21.9. The summed E-state index contributed by atoms with van der Waals surface area (Å²) in [4.78, 5) is 43.5. The summed E-state index contributed by atoms with van der Waals surface area (Å²) in [6.07, 6.45) is 9.10. The number of primary amides is 1. The number of rotatable bonds is 4. The predicted octanol–water partition coefficient (Wildman–Crippen LogP) is 2.73. The van der Waals surface area contributed by atoms with Crippen LogP contribution >= 0.6 is 0 Å². The summed E-state index contributed by atoms with van der Waals surface area (Å²) in [7, 11) is 1.38. The van der Waals surface area contributed by atoms with Crippen molar-refractivity contribution in [2.45, 2.75) is 64.3 Å². The van der Waals surface area contributed by atoms with Crippen LogP contribution in [0, 0.1) is 11.8 Å². The number of nitrogens with zero attached hydrogens (tertiary/aromatic N) is 2. The maximum atomic E-state index is 13.2. The molecule has 1 saturated heterocycles. The Morgan fingerprint density at radius 1 is 1.23 bits per heavy atom. The van der Waals surface area contributed by atoms with Gasteiger partial charge in [-0.15, -0.1) is 0 Å². The first-order valence-corrected chi connectivity index (χ1v) is 10.7. The smallest absolute Gasteiger partial charge is 0.313 e. The summed E-state index contributed by atoms with van der Waals surface area (Å²) in [5, 5.41) is 2.59. The van der Waals surface area contributed by atoms with Crippen LogP contribution < -0.4 is 15.8 Å². The summed E-state index contributed by atoms with van der Waals surface area (Å²) >= 11 is 0. The second-order valence-electron chi connectivity index (χ2n) is 8.85. The Balaban J connectivity index is 1.80. The number of carbonyl (C=O) groups excluding carboxylic acids is 3. The lowest BCUT2D eigenvalue weighted by Crippen LogP contribution is -2.61. The molecular weight excluding hydrogens is 384 g/mol. The third-order valence-electron chi connectivity index (χ3n) is 6.75. The fourth-order valence-electron chi connectivity index (χ4n) is 4.92. The van der Waals surface area contributed by atoms with Gasteiger partial charge in [-0.05, 0) is 50.5 Å². The SMILES string of the molecule is COc1ncc(NC(=O)C(=O)N2C[C@@H](C)CC[C@@]2(C)C2CCCCC2)cc1C(N)=O. The van der Waals surface area contributed by atoms with Crippen molar-refractivity contribution in [3.63, 3.8) is 0 Å². The third kappa shape index (κ3) is 4.42. The number of methoxy groups -OCH3 is 1. The lowest BCUT2D eigenvalue weighted by Gasteiger charge is -2.52. The van der Waals surface area contributed by atoms with Crippen molar-refractivity contribution >= 4 is 23.4 Å². The molecule has 1 aliphatic carbocycles. The van der Waals surface area contributed by atoms with Crippen molar-refractivity contribution < 1.29 is 19.1 Å². The van der Waals surface area contributed by atoms with Gasteiger partial charge < -0.3 is 20.7 Å². The highest BCUT2D eigenvalue weighted by molar-refractivity contribution is 6.39. The van der Waals surface area contributed by atoms with E-state index in [-0.39, 0.29) is 22.7 Å². The van der Waals surface area contributed by atoms with Crippen LogP contribution in [0.15, 0.2) is 12.3 Å². The number of pyridine rings is 1. The molecule has 0 bridgehead atoms. The van der Waals surface area contributed by atoms with Gasteiger partial charge in [-0.2, -0.15) is 0 Å². The molecule has 0 unspecified atom stereocenters. The molecule has 8 nitrogen and oxygen atoms in total. The number of likely N-dealkylation sites (tertiary alicyclic amines) is 1. The average molecular weight is 417 g/mol. The molecule has 3 N–H and O–H groups in total. The van der Waals surface area contributed by atoms with E-state index in [0.717, 1.165) is 25.7 Å². The zero-order valence-corrected chi connectivity index (χ0v) is 18.1. The lowest BCUT2D eigenvalue weighted by molar-refractivity contribution is -0.153. The zero-order valence-electron chi connectivity index (χ0n) is 18.1. The van der Waals surface area contributed by atoms with E-state index in [0.29, 0.717) is 18.4 Å². The molecule has 0 spiro atoms. The topological polar surface area (TPSA) is 115 Å². The number of carbonyl (C=O) groups is 3. The Morgan fingerprint density at radius 3 is 2.57 bits per heavy atom. The minimum atomic E-state index is -0.728. The Bertz CT molecular complexity index is 821. The van der Waals surface area contributed by atoms with Crippen molar-refractivity contribution in [1.82, 2.24) is 9.88 Å². The maximum Gasteiger partial charge on any atom is 0.313 e. The first kappa shape index (κ1) is 22.1. The van der Waals surface area contributed by atoms with E-state index in [2.05, 4.69) is 24.1 Å². The minimum absolute atomic E-state index is 0.0430. The largest absolute Gasteiger partial charge is 0.480 e. The molecule has 164 valence electrons. The highest BCUT2D eigenvalue weighted by atomic mass is 16.5. The summed E-state index contributed by atoms with van der Waals surface area (Å²) < 4.78 is 5.02. The van der Waals surface area contributed by atoms with Crippen molar-refractivity contribution in [3.8, 4) is 5.88 Å². The van der Waals surface area contributed by atoms with Gasteiger partial charge in [0.15, 0.2) is 0 Å². The number of amides is 3. The van der Waals surface area contributed by atoms with E-state index in [4.69, 9.17) is 10.5 Å². The molecule has 2 heterocycles. The number of piperidine rings is 1. The summed E-state index contributed by atoms with van der Waals surface area (Å²) in [5.74, 6) is -1.15. The summed E-state index contributed by atoms with van der Waals surface area (Å²) in [6, 6.07) is 1.37. The van der Waals surface area contributed by atoms with E-state index in [9.17, 15) is 14.4 Å². The van der Waals surface area contributed by atoms with Crippen molar-refractivity contribution in [2.24, 2.45) is 17.6 Å². The van der Waals surface area contributed by atoms with Gasteiger partial charge in [0.25, 0.3) is 5.91 Å². The van der Waals surface area contributed by atoms with Crippen LogP contribution in [0.4, 0.5) is 5.69 Å². The summed E-state index contributed by atoms with van der Waals surface area (Å²) in [6.45, 7) is 4.83. The van der Waals surface area contributed by atoms with E-state index in [1.165, 1.54) is 38.6 Å². The number of anilines is 1. The third-order valence-corrected chi connectivity index (χ3v) is 6.75. The fraction of sp³-hybridized carbons (Fsp3) is 0.636. The Hall–Kier alpha value is -2.64. The van der Waals surface area contributed by atoms with Gasteiger partial charge in [0.2, 0.25) is 5.88 Å². The van der Waals surface area contributed by atoms with Gasteiger partial charge in [0.05, 0.1) is 19.0 Å². The molecule has 30 heavy (non-hydrogen) atoms.